The van der Waals surface area contributed by atoms with Crippen molar-refractivity contribution in [2.24, 2.45) is 0 Å². The molecule has 0 spiro atoms. The van der Waals surface area contributed by atoms with Crippen molar-refractivity contribution in [3.05, 3.63) is 58.9 Å². The lowest BCUT2D eigenvalue weighted by atomic mass is 9.86. The van der Waals surface area contributed by atoms with Gasteiger partial charge in [0.1, 0.15) is 0 Å². The predicted octanol–water partition coefficient (Wildman–Crippen LogP) is 3.33. The normalized spacial score (nSPS) is 11.3. The number of aryl methyl sites for hydroxylation is 2. The molecule has 1 N–H and O–H groups in total. The van der Waals surface area contributed by atoms with Gasteiger partial charge in [-0.25, -0.2) is 0 Å². The van der Waals surface area contributed by atoms with Crippen LogP contribution in [0.15, 0.2) is 36.4 Å². The molecule has 0 unspecified atom stereocenters. The molecule has 0 saturated heterocycles. The molecule has 0 aliphatic heterocycles. The Labute approximate surface area is 138 Å². The highest BCUT2D eigenvalue weighted by atomic mass is 16.1. The molecule has 0 saturated carbocycles. The molecule has 23 heavy (non-hydrogen) atoms. The third kappa shape index (κ3) is 5.47. The highest BCUT2D eigenvalue weighted by Gasteiger charge is 2.13. The van der Waals surface area contributed by atoms with Crippen LogP contribution >= 0.6 is 0 Å². The summed E-state index contributed by atoms with van der Waals surface area (Å²) >= 11 is 0. The number of aromatic nitrogens is 2. The maximum Gasteiger partial charge on any atom is 0.220 e. The van der Waals surface area contributed by atoms with Crippen LogP contribution in [0.25, 0.3) is 0 Å². The molecule has 0 atom stereocenters. The van der Waals surface area contributed by atoms with E-state index >= 15 is 0 Å². The minimum absolute atomic E-state index is 0.0345. The van der Waals surface area contributed by atoms with Gasteiger partial charge in [0.05, 0.1) is 17.9 Å². The van der Waals surface area contributed by atoms with Gasteiger partial charge in [0.15, 0.2) is 0 Å². The number of rotatable bonds is 5. The SMILES string of the molecule is Cc1ccc(CNC(=O)CCc2ccc(C(C)(C)C)cc2)nn1. The Morgan fingerprint density at radius 2 is 1.74 bits per heavy atom. The van der Waals surface area contributed by atoms with E-state index in [4.69, 9.17) is 0 Å². The minimum Gasteiger partial charge on any atom is -0.350 e. The summed E-state index contributed by atoms with van der Waals surface area (Å²) in [4.78, 5) is 11.9. The van der Waals surface area contributed by atoms with Crippen molar-refractivity contribution in [2.75, 3.05) is 0 Å². The van der Waals surface area contributed by atoms with Gasteiger partial charge in [-0.2, -0.15) is 10.2 Å². The second-order valence-electron chi connectivity index (χ2n) is 6.89. The number of carbonyl (C=O) groups is 1. The van der Waals surface area contributed by atoms with Gasteiger partial charge in [-0.05, 0) is 42.0 Å². The lowest BCUT2D eigenvalue weighted by Gasteiger charge is -2.19. The number of hydrogen-bond acceptors (Lipinski definition) is 3. The molecule has 2 aromatic rings. The lowest BCUT2D eigenvalue weighted by molar-refractivity contribution is -0.121. The van der Waals surface area contributed by atoms with Crippen LogP contribution in [0, 0.1) is 6.92 Å². The van der Waals surface area contributed by atoms with Crippen LogP contribution in [-0.2, 0) is 23.2 Å². The zero-order valence-corrected chi connectivity index (χ0v) is 14.4. The maximum atomic E-state index is 11.9. The fourth-order valence-corrected chi connectivity index (χ4v) is 2.23. The fourth-order valence-electron chi connectivity index (χ4n) is 2.23. The number of benzene rings is 1. The average molecular weight is 311 g/mol. The van der Waals surface area contributed by atoms with E-state index in [9.17, 15) is 4.79 Å². The van der Waals surface area contributed by atoms with Crippen molar-refractivity contribution in [3.8, 4) is 0 Å². The molecule has 0 radical (unpaired) electrons. The summed E-state index contributed by atoms with van der Waals surface area (Å²) in [5.41, 5.74) is 4.30. The zero-order chi connectivity index (χ0) is 16.9. The van der Waals surface area contributed by atoms with Gasteiger partial charge in [-0.3, -0.25) is 4.79 Å². The minimum atomic E-state index is 0.0345. The monoisotopic (exact) mass is 311 g/mol. The number of nitrogens with zero attached hydrogens (tertiary/aromatic N) is 2. The third-order valence-electron chi connectivity index (χ3n) is 3.78. The van der Waals surface area contributed by atoms with Gasteiger partial charge in [-0.1, -0.05) is 45.0 Å². The molecule has 0 bridgehead atoms. The summed E-state index contributed by atoms with van der Waals surface area (Å²) in [5, 5.41) is 10.9. The standard InChI is InChI=1S/C19H25N3O/c1-14-5-11-17(22-21-14)13-20-18(23)12-8-15-6-9-16(10-7-15)19(2,3)4/h5-7,9-11H,8,12-13H2,1-4H3,(H,20,23). The number of hydrogen-bond donors (Lipinski definition) is 1. The second kappa shape index (κ2) is 7.36. The van der Waals surface area contributed by atoms with E-state index in [0.29, 0.717) is 13.0 Å². The summed E-state index contributed by atoms with van der Waals surface area (Å²) < 4.78 is 0. The van der Waals surface area contributed by atoms with Crippen molar-refractivity contribution in [1.29, 1.82) is 0 Å². The molecule has 2 rings (SSSR count). The highest BCUT2D eigenvalue weighted by molar-refractivity contribution is 5.76. The molecule has 4 heteroatoms. The summed E-state index contributed by atoms with van der Waals surface area (Å²) in [6.07, 6.45) is 1.23. The number of nitrogens with one attached hydrogen (secondary N) is 1. The predicted molar refractivity (Wildman–Crippen MR) is 92.1 cm³/mol. The lowest BCUT2D eigenvalue weighted by Crippen LogP contribution is -2.23. The summed E-state index contributed by atoms with van der Waals surface area (Å²) in [6.45, 7) is 8.91. The van der Waals surface area contributed by atoms with Crippen molar-refractivity contribution in [2.45, 2.75) is 52.5 Å². The average Bonchev–Trinajstić information content (AvgIpc) is 2.52. The molecule has 1 aromatic carbocycles. The topological polar surface area (TPSA) is 54.9 Å². The number of amides is 1. The Balaban J connectivity index is 1.79. The Morgan fingerprint density at radius 1 is 1.04 bits per heavy atom. The fraction of sp³-hybridized carbons (Fsp3) is 0.421. The second-order valence-corrected chi connectivity index (χ2v) is 6.89. The first-order valence-electron chi connectivity index (χ1n) is 8.00. The first-order valence-corrected chi connectivity index (χ1v) is 8.00. The van der Waals surface area contributed by atoms with Crippen LogP contribution < -0.4 is 5.32 Å². The van der Waals surface area contributed by atoms with Crippen LogP contribution in [0.3, 0.4) is 0 Å². The Hall–Kier alpha value is -2.23. The van der Waals surface area contributed by atoms with Crippen LogP contribution in [0.4, 0.5) is 0 Å². The van der Waals surface area contributed by atoms with Crippen molar-refractivity contribution in [1.82, 2.24) is 15.5 Å². The Morgan fingerprint density at radius 3 is 2.30 bits per heavy atom. The molecule has 0 aliphatic rings. The highest BCUT2D eigenvalue weighted by Crippen LogP contribution is 2.22. The zero-order valence-electron chi connectivity index (χ0n) is 14.4. The van der Waals surface area contributed by atoms with Crippen molar-refractivity contribution >= 4 is 5.91 Å². The molecule has 4 nitrogen and oxygen atoms in total. The largest absolute Gasteiger partial charge is 0.350 e. The van der Waals surface area contributed by atoms with Crippen LogP contribution in [0.1, 0.15) is 49.7 Å². The maximum absolute atomic E-state index is 11.9. The van der Waals surface area contributed by atoms with E-state index in [1.807, 2.05) is 19.1 Å². The van der Waals surface area contributed by atoms with E-state index < -0.39 is 0 Å². The van der Waals surface area contributed by atoms with E-state index in [-0.39, 0.29) is 11.3 Å². The first kappa shape index (κ1) is 17.1. The molecule has 0 aliphatic carbocycles. The number of carbonyl (C=O) groups excluding carboxylic acids is 1. The molecule has 1 aromatic heterocycles. The van der Waals surface area contributed by atoms with E-state index in [0.717, 1.165) is 17.8 Å². The van der Waals surface area contributed by atoms with Gasteiger partial charge >= 0.3 is 0 Å². The molecular weight excluding hydrogens is 286 g/mol. The Kier molecular flexibility index (Phi) is 5.48. The van der Waals surface area contributed by atoms with E-state index in [2.05, 4.69) is 60.6 Å². The smallest absolute Gasteiger partial charge is 0.220 e. The third-order valence-corrected chi connectivity index (χ3v) is 3.78. The van der Waals surface area contributed by atoms with E-state index in [1.54, 1.807) is 0 Å². The van der Waals surface area contributed by atoms with E-state index in [1.165, 1.54) is 11.1 Å². The molecule has 0 fully saturated rings. The van der Waals surface area contributed by atoms with Crippen molar-refractivity contribution < 1.29 is 4.79 Å². The van der Waals surface area contributed by atoms with Gasteiger partial charge in [-0.15, -0.1) is 0 Å². The summed E-state index contributed by atoms with van der Waals surface area (Å²) in [5.74, 6) is 0.0345. The van der Waals surface area contributed by atoms with Crippen LogP contribution in [0.2, 0.25) is 0 Å². The first-order chi connectivity index (χ1) is 10.8. The van der Waals surface area contributed by atoms with Gasteiger partial charge in [0.2, 0.25) is 5.91 Å². The molecule has 1 amide bonds. The molecule has 122 valence electrons. The summed E-state index contributed by atoms with van der Waals surface area (Å²) in [6, 6.07) is 12.3. The van der Waals surface area contributed by atoms with Crippen LogP contribution in [-0.4, -0.2) is 16.1 Å². The molecular formula is C19H25N3O. The van der Waals surface area contributed by atoms with Crippen molar-refractivity contribution in [3.63, 3.8) is 0 Å². The van der Waals surface area contributed by atoms with Gasteiger partial charge in [0, 0.05) is 6.42 Å². The quantitative estimate of drug-likeness (QED) is 0.921. The molecule has 1 heterocycles. The van der Waals surface area contributed by atoms with Crippen LogP contribution in [0.5, 0.6) is 0 Å². The van der Waals surface area contributed by atoms with Gasteiger partial charge < -0.3 is 5.32 Å². The van der Waals surface area contributed by atoms with Gasteiger partial charge in [0.25, 0.3) is 0 Å². The Bertz CT molecular complexity index is 640. The summed E-state index contributed by atoms with van der Waals surface area (Å²) in [7, 11) is 0.